The molecule has 1 heterocycles. The summed E-state index contributed by atoms with van der Waals surface area (Å²) in [5.41, 5.74) is 2.00. The molecule has 0 aliphatic carbocycles. The van der Waals surface area contributed by atoms with Crippen molar-refractivity contribution in [2.24, 2.45) is 0 Å². The molecular weight excluding hydrogens is 358 g/mol. The van der Waals surface area contributed by atoms with Gasteiger partial charge in [-0.1, -0.05) is 72.4 Å². The van der Waals surface area contributed by atoms with Gasteiger partial charge in [0.2, 0.25) is 11.1 Å². The maximum absolute atomic E-state index is 12.9. The number of thioether (sulfide) groups is 1. The van der Waals surface area contributed by atoms with Crippen LogP contribution in [0.15, 0.2) is 65.8 Å². The first-order chi connectivity index (χ1) is 13.1. The fourth-order valence-electron chi connectivity index (χ4n) is 2.76. The van der Waals surface area contributed by atoms with Crippen LogP contribution in [0.25, 0.3) is 11.4 Å². The highest BCUT2D eigenvalue weighted by Gasteiger charge is 2.23. The summed E-state index contributed by atoms with van der Waals surface area (Å²) >= 11 is 1.32. The SMILES string of the molecule is CCN(Cc1ccccc1)C(=O)C(C)Sc1nnc(-c2ccccc2)n1N. The second-order valence-electron chi connectivity index (χ2n) is 6.14. The highest BCUT2D eigenvalue weighted by atomic mass is 32.2. The van der Waals surface area contributed by atoms with Crippen LogP contribution in [0.3, 0.4) is 0 Å². The lowest BCUT2D eigenvalue weighted by molar-refractivity contribution is -0.130. The summed E-state index contributed by atoms with van der Waals surface area (Å²) in [7, 11) is 0. The molecular formula is C20H23N5OS. The second kappa shape index (κ2) is 8.73. The van der Waals surface area contributed by atoms with Crippen LogP contribution in [0.4, 0.5) is 0 Å². The van der Waals surface area contributed by atoms with Crippen LogP contribution in [0.1, 0.15) is 19.4 Å². The third-order valence-electron chi connectivity index (χ3n) is 4.24. The molecule has 0 saturated carbocycles. The van der Waals surface area contributed by atoms with Crippen molar-refractivity contribution in [1.29, 1.82) is 0 Å². The first-order valence-corrected chi connectivity index (χ1v) is 9.73. The summed E-state index contributed by atoms with van der Waals surface area (Å²) < 4.78 is 1.44. The van der Waals surface area contributed by atoms with Crippen LogP contribution < -0.4 is 5.84 Å². The normalized spacial score (nSPS) is 11.9. The maximum atomic E-state index is 12.9. The number of hydrogen-bond donors (Lipinski definition) is 1. The number of rotatable bonds is 7. The Morgan fingerprint density at radius 2 is 1.74 bits per heavy atom. The number of nitrogens with two attached hydrogens (primary N) is 1. The molecule has 3 rings (SSSR count). The van der Waals surface area contributed by atoms with E-state index in [9.17, 15) is 4.79 Å². The topological polar surface area (TPSA) is 77.0 Å². The molecule has 6 nitrogen and oxygen atoms in total. The van der Waals surface area contributed by atoms with Gasteiger partial charge in [-0.3, -0.25) is 4.79 Å². The molecule has 2 N–H and O–H groups in total. The Balaban J connectivity index is 1.70. The van der Waals surface area contributed by atoms with Gasteiger partial charge < -0.3 is 10.7 Å². The highest BCUT2D eigenvalue weighted by molar-refractivity contribution is 8.00. The van der Waals surface area contributed by atoms with Crippen LogP contribution in [-0.4, -0.2) is 37.5 Å². The van der Waals surface area contributed by atoms with Gasteiger partial charge in [0.05, 0.1) is 5.25 Å². The number of carbonyl (C=O) groups is 1. The van der Waals surface area contributed by atoms with Gasteiger partial charge in [0.25, 0.3) is 0 Å². The number of hydrogen-bond acceptors (Lipinski definition) is 5. The number of nitrogens with zero attached hydrogens (tertiary/aromatic N) is 4. The summed E-state index contributed by atoms with van der Waals surface area (Å²) in [5.74, 6) is 6.79. The molecule has 0 radical (unpaired) electrons. The second-order valence-corrected chi connectivity index (χ2v) is 7.45. The van der Waals surface area contributed by atoms with Crippen molar-refractivity contribution in [1.82, 2.24) is 19.8 Å². The molecule has 140 valence electrons. The molecule has 1 atom stereocenters. The molecule has 7 heteroatoms. The first kappa shape index (κ1) is 19.0. The molecule has 0 spiro atoms. The predicted octanol–water partition coefficient (Wildman–Crippen LogP) is 3.19. The number of amides is 1. The molecule has 0 saturated heterocycles. The monoisotopic (exact) mass is 381 g/mol. The lowest BCUT2D eigenvalue weighted by Crippen LogP contribution is -2.36. The van der Waals surface area contributed by atoms with Gasteiger partial charge >= 0.3 is 0 Å². The van der Waals surface area contributed by atoms with E-state index in [1.54, 1.807) is 0 Å². The molecule has 0 bridgehead atoms. The molecule has 0 aliphatic rings. The van der Waals surface area contributed by atoms with E-state index in [1.807, 2.05) is 79.4 Å². The molecule has 2 aromatic carbocycles. The molecule has 27 heavy (non-hydrogen) atoms. The minimum Gasteiger partial charge on any atom is -0.338 e. The highest BCUT2D eigenvalue weighted by Crippen LogP contribution is 2.26. The van der Waals surface area contributed by atoms with Crippen molar-refractivity contribution in [2.75, 3.05) is 12.4 Å². The van der Waals surface area contributed by atoms with Crippen LogP contribution in [0, 0.1) is 0 Å². The van der Waals surface area contributed by atoms with Crippen molar-refractivity contribution in [3.8, 4) is 11.4 Å². The Kier molecular flexibility index (Phi) is 6.13. The summed E-state index contributed by atoms with van der Waals surface area (Å²) in [6, 6.07) is 19.6. The number of nitrogen functional groups attached to an aromatic ring is 1. The maximum Gasteiger partial charge on any atom is 0.236 e. The smallest absolute Gasteiger partial charge is 0.236 e. The number of carbonyl (C=O) groups excluding carboxylic acids is 1. The fourth-order valence-corrected chi connectivity index (χ4v) is 3.61. The van der Waals surface area contributed by atoms with Gasteiger partial charge in [-0.25, -0.2) is 4.68 Å². The van der Waals surface area contributed by atoms with E-state index < -0.39 is 0 Å². The lowest BCUT2D eigenvalue weighted by Gasteiger charge is -2.24. The summed E-state index contributed by atoms with van der Waals surface area (Å²) in [5, 5.41) is 8.54. The van der Waals surface area contributed by atoms with Gasteiger partial charge in [-0.15, -0.1) is 10.2 Å². The van der Waals surface area contributed by atoms with Crippen LogP contribution >= 0.6 is 11.8 Å². The van der Waals surface area contributed by atoms with E-state index in [0.717, 1.165) is 11.1 Å². The van der Waals surface area contributed by atoms with Gasteiger partial charge in [-0.2, -0.15) is 0 Å². The van der Waals surface area contributed by atoms with E-state index >= 15 is 0 Å². The van der Waals surface area contributed by atoms with Gasteiger partial charge in [0.1, 0.15) is 0 Å². The van der Waals surface area contributed by atoms with Crippen molar-refractivity contribution < 1.29 is 4.79 Å². The zero-order chi connectivity index (χ0) is 19.2. The molecule has 0 aliphatic heterocycles. The van der Waals surface area contributed by atoms with Crippen LogP contribution in [0.2, 0.25) is 0 Å². The third-order valence-corrected chi connectivity index (χ3v) is 5.28. The quantitative estimate of drug-likeness (QED) is 0.502. The Hall–Kier alpha value is -2.80. The van der Waals surface area contributed by atoms with Gasteiger partial charge in [0.15, 0.2) is 5.82 Å². The zero-order valence-corrected chi connectivity index (χ0v) is 16.3. The van der Waals surface area contributed by atoms with E-state index in [4.69, 9.17) is 5.84 Å². The minimum atomic E-state index is -0.316. The lowest BCUT2D eigenvalue weighted by atomic mass is 10.2. The zero-order valence-electron chi connectivity index (χ0n) is 15.4. The summed E-state index contributed by atoms with van der Waals surface area (Å²) in [4.78, 5) is 14.7. The van der Waals surface area contributed by atoms with Crippen LogP contribution in [-0.2, 0) is 11.3 Å². The Bertz CT molecular complexity index is 882. The van der Waals surface area contributed by atoms with Crippen molar-refractivity contribution >= 4 is 17.7 Å². The van der Waals surface area contributed by atoms with Gasteiger partial charge in [0, 0.05) is 18.7 Å². The van der Waals surface area contributed by atoms with Crippen LogP contribution in [0.5, 0.6) is 0 Å². The first-order valence-electron chi connectivity index (χ1n) is 8.85. The fraction of sp³-hybridized carbons (Fsp3) is 0.250. The van der Waals surface area contributed by atoms with E-state index in [-0.39, 0.29) is 11.2 Å². The molecule has 1 aromatic heterocycles. The summed E-state index contributed by atoms with van der Waals surface area (Å²) in [6.07, 6.45) is 0. The minimum absolute atomic E-state index is 0.0515. The van der Waals surface area contributed by atoms with E-state index in [0.29, 0.717) is 24.1 Å². The number of benzene rings is 2. The average Bonchev–Trinajstić information content (AvgIpc) is 3.07. The molecule has 1 amide bonds. The largest absolute Gasteiger partial charge is 0.338 e. The van der Waals surface area contributed by atoms with Crippen molar-refractivity contribution in [3.63, 3.8) is 0 Å². The summed E-state index contributed by atoms with van der Waals surface area (Å²) in [6.45, 7) is 5.09. The molecule has 1 unspecified atom stereocenters. The predicted molar refractivity (Wildman–Crippen MR) is 108 cm³/mol. The van der Waals surface area contributed by atoms with Gasteiger partial charge in [-0.05, 0) is 19.4 Å². The Labute approximate surface area is 163 Å². The van der Waals surface area contributed by atoms with Crippen molar-refractivity contribution in [3.05, 3.63) is 66.2 Å². The number of aromatic nitrogens is 3. The average molecular weight is 382 g/mol. The molecule has 0 fully saturated rings. The standard InChI is InChI=1S/C20H23N5OS/c1-3-24(14-16-10-6-4-7-11-16)19(26)15(2)27-20-23-22-18(25(20)21)17-12-8-5-9-13-17/h4-13,15H,3,14,21H2,1-2H3. The molecule has 3 aromatic rings. The Morgan fingerprint density at radius 1 is 1.11 bits per heavy atom. The van der Waals surface area contributed by atoms with E-state index in [2.05, 4.69) is 10.2 Å². The third kappa shape index (κ3) is 4.49. The Morgan fingerprint density at radius 3 is 2.37 bits per heavy atom. The van der Waals surface area contributed by atoms with E-state index in [1.165, 1.54) is 16.4 Å². The van der Waals surface area contributed by atoms with Crippen molar-refractivity contribution in [2.45, 2.75) is 30.8 Å².